The predicted octanol–water partition coefficient (Wildman–Crippen LogP) is 1.26. The van der Waals surface area contributed by atoms with Crippen LogP contribution in [0.4, 0.5) is 5.82 Å². The van der Waals surface area contributed by atoms with Crippen molar-refractivity contribution in [2.75, 3.05) is 12.0 Å². The van der Waals surface area contributed by atoms with E-state index in [2.05, 4.69) is 22.5 Å². The molecule has 1 N–H and O–H groups in total. The fraction of sp³-hybridized carbons (Fsp3) is 0.400. The maximum absolute atomic E-state index is 12.4. The van der Waals surface area contributed by atoms with Gasteiger partial charge in [-0.3, -0.25) is 14.5 Å². The molecule has 2 aliphatic carbocycles. The number of rotatable bonds is 3. The van der Waals surface area contributed by atoms with Gasteiger partial charge in [-0.1, -0.05) is 18.2 Å². The predicted molar refractivity (Wildman–Crippen MR) is 72.3 cm³/mol. The molecule has 3 aliphatic rings. The summed E-state index contributed by atoms with van der Waals surface area (Å²) in [6.45, 7) is 0.209. The largest absolute Gasteiger partial charge is 0.352 e. The molecule has 4 atom stereocenters. The maximum Gasteiger partial charge on any atom is 0.235 e. The first kappa shape index (κ1) is 11.6. The van der Waals surface area contributed by atoms with Gasteiger partial charge in [0, 0.05) is 6.20 Å². The van der Waals surface area contributed by atoms with E-state index >= 15 is 0 Å². The van der Waals surface area contributed by atoms with E-state index in [-0.39, 0.29) is 42.2 Å². The van der Waals surface area contributed by atoms with E-state index in [1.54, 1.807) is 6.20 Å². The molecule has 0 radical (unpaired) electrons. The molecule has 0 spiro atoms. The Morgan fingerprint density at radius 1 is 1.15 bits per heavy atom. The van der Waals surface area contributed by atoms with E-state index in [1.165, 1.54) is 4.90 Å². The number of allylic oxidation sites excluding steroid dienone is 2. The van der Waals surface area contributed by atoms with Crippen LogP contribution in [0, 0.1) is 23.7 Å². The first-order valence-corrected chi connectivity index (χ1v) is 6.94. The van der Waals surface area contributed by atoms with Crippen molar-refractivity contribution in [2.45, 2.75) is 6.42 Å². The minimum absolute atomic E-state index is 0.0275. The molecule has 1 aromatic heterocycles. The quantitative estimate of drug-likeness (QED) is 0.663. The van der Waals surface area contributed by atoms with Crippen LogP contribution in [0.3, 0.4) is 0 Å². The lowest BCUT2D eigenvalue weighted by atomic mass is 9.85. The SMILES string of the molecule is O=C1[C@@H]2[C@H](C(=O)N1CNc1ccccn1)[C@@H]1C=C[C@H]2C1. The van der Waals surface area contributed by atoms with Gasteiger partial charge in [0.05, 0.1) is 18.5 Å². The highest BCUT2D eigenvalue weighted by Crippen LogP contribution is 2.52. The number of pyridine rings is 1. The molecule has 20 heavy (non-hydrogen) atoms. The van der Waals surface area contributed by atoms with Crippen molar-refractivity contribution in [1.29, 1.82) is 0 Å². The minimum Gasteiger partial charge on any atom is -0.352 e. The van der Waals surface area contributed by atoms with Crippen LogP contribution in [-0.4, -0.2) is 28.4 Å². The second-order valence-electron chi connectivity index (χ2n) is 5.65. The summed E-state index contributed by atoms with van der Waals surface area (Å²) in [6, 6.07) is 5.50. The number of carbonyl (C=O) groups excluding carboxylic acids is 2. The van der Waals surface area contributed by atoms with Gasteiger partial charge in [-0.25, -0.2) is 4.98 Å². The van der Waals surface area contributed by atoms with Gasteiger partial charge in [-0.2, -0.15) is 0 Å². The molecule has 1 saturated carbocycles. The van der Waals surface area contributed by atoms with Crippen LogP contribution in [0.2, 0.25) is 0 Å². The molecule has 1 aromatic rings. The lowest BCUT2D eigenvalue weighted by Gasteiger charge is -2.17. The molecule has 5 heteroatoms. The molecule has 102 valence electrons. The number of hydrogen-bond acceptors (Lipinski definition) is 4. The van der Waals surface area contributed by atoms with Crippen LogP contribution in [0.15, 0.2) is 36.5 Å². The molecule has 0 unspecified atom stereocenters. The Kier molecular flexibility index (Phi) is 2.42. The molecule has 1 aliphatic heterocycles. The molecular weight excluding hydrogens is 254 g/mol. The molecule has 2 fully saturated rings. The van der Waals surface area contributed by atoms with Crippen LogP contribution < -0.4 is 5.32 Å². The smallest absolute Gasteiger partial charge is 0.235 e. The normalized spacial score (nSPS) is 33.9. The topological polar surface area (TPSA) is 62.3 Å². The van der Waals surface area contributed by atoms with Crippen LogP contribution in [0.5, 0.6) is 0 Å². The third-order valence-corrected chi connectivity index (χ3v) is 4.64. The van der Waals surface area contributed by atoms with Crippen molar-refractivity contribution < 1.29 is 9.59 Å². The lowest BCUT2D eigenvalue weighted by molar-refractivity contribution is -0.140. The van der Waals surface area contributed by atoms with Gasteiger partial charge in [0.15, 0.2) is 0 Å². The average molecular weight is 269 g/mol. The van der Waals surface area contributed by atoms with Gasteiger partial charge < -0.3 is 5.32 Å². The number of nitrogens with one attached hydrogen (secondary N) is 1. The third-order valence-electron chi connectivity index (χ3n) is 4.64. The minimum atomic E-state index is -0.122. The summed E-state index contributed by atoms with van der Waals surface area (Å²) in [4.78, 5) is 30.3. The van der Waals surface area contributed by atoms with Crippen LogP contribution >= 0.6 is 0 Å². The van der Waals surface area contributed by atoms with Crippen LogP contribution in [0.1, 0.15) is 6.42 Å². The number of fused-ring (bicyclic) bond motifs is 5. The first-order valence-electron chi connectivity index (χ1n) is 6.94. The summed E-state index contributed by atoms with van der Waals surface area (Å²) in [5, 5.41) is 3.04. The molecule has 2 heterocycles. The molecular formula is C15H15N3O2. The summed E-state index contributed by atoms with van der Waals surface area (Å²) < 4.78 is 0. The number of aromatic nitrogens is 1. The Labute approximate surface area is 116 Å². The molecule has 4 rings (SSSR count). The Balaban J connectivity index is 1.51. The van der Waals surface area contributed by atoms with Crippen LogP contribution in [-0.2, 0) is 9.59 Å². The van der Waals surface area contributed by atoms with Crippen LogP contribution in [0.25, 0.3) is 0 Å². The number of amides is 2. The number of nitrogens with zero attached hydrogens (tertiary/aromatic N) is 2. The third kappa shape index (κ3) is 1.52. The molecule has 2 amide bonds. The second kappa shape index (κ2) is 4.16. The summed E-state index contributed by atoms with van der Waals surface area (Å²) >= 11 is 0. The van der Waals surface area contributed by atoms with Gasteiger partial charge in [0.25, 0.3) is 0 Å². The van der Waals surface area contributed by atoms with Crippen molar-refractivity contribution in [2.24, 2.45) is 23.7 Å². The van der Waals surface area contributed by atoms with E-state index < -0.39 is 0 Å². The van der Waals surface area contributed by atoms with E-state index in [1.807, 2.05) is 18.2 Å². The molecule has 1 saturated heterocycles. The number of anilines is 1. The highest BCUT2D eigenvalue weighted by Gasteiger charge is 2.59. The number of likely N-dealkylation sites (tertiary alicyclic amines) is 1. The summed E-state index contributed by atoms with van der Waals surface area (Å²) in [7, 11) is 0. The fourth-order valence-corrected chi connectivity index (χ4v) is 3.75. The first-order chi connectivity index (χ1) is 9.75. The lowest BCUT2D eigenvalue weighted by Crippen LogP contribution is -2.37. The number of carbonyl (C=O) groups is 2. The van der Waals surface area contributed by atoms with Crippen molar-refractivity contribution >= 4 is 17.6 Å². The van der Waals surface area contributed by atoms with E-state index in [9.17, 15) is 9.59 Å². The van der Waals surface area contributed by atoms with Crippen molar-refractivity contribution in [3.63, 3.8) is 0 Å². The zero-order valence-electron chi connectivity index (χ0n) is 10.9. The fourth-order valence-electron chi connectivity index (χ4n) is 3.75. The summed E-state index contributed by atoms with van der Waals surface area (Å²) in [5.41, 5.74) is 0. The maximum atomic E-state index is 12.4. The Morgan fingerprint density at radius 3 is 2.45 bits per heavy atom. The Bertz CT molecular complexity index is 568. The Hall–Kier alpha value is -2.17. The van der Waals surface area contributed by atoms with Gasteiger partial charge in [0.1, 0.15) is 5.82 Å². The zero-order chi connectivity index (χ0) is 13.7. The zero-order valence-corrected chi connectivity index (χ0v) is 10.9. The Morgan fingerprint density at radius 2 is 1.85 bits per heavy atom. The van der Waals surface area contributed by atoms with Gasteiger partial charge in [-0.05, 0) is 30.4 Å². The average Bonchev–Trinajstić information content (AvgIpc) is 3.13. The van der Waals surface area contributed by atoms with Gasteiger partial charge in [-0.15, -0.1) is 0 Å². The highest BCUT2D eigenvalue weighted by molar-refractivity contribution is 6.06. The van der Waals surface area contributed by atoms with Gasteiger partial charge >= 0.3 is 0 Å². The van der Waals surface area contributed by atoms with Gasteiger partial charge in [0.2, 0.25) is 11.8 Å². The number of hydrogen-bond donors (Lipinski definition) is 1. The molecule has 5 nitrogen and oxygen atoms in total. The highest BCUT2D eigenvalue weighted by atomic mass is 16.2. The monoisotopic (exact) mass is 269 g/mol. The second-order valence-corrected chi connectivity index (χ2v) is 5.65. The van der Waals surface area contributed by atoms with Crippen molar-refractivity contribution in [1.82, 2.24) is 9.88 Å². The van der Waals surface area contributed by atoms with Crippen molar-refractivity contribution in [3.05, 3.63) is 36.5 Å². The molecule has 2 bridgehead atoms. The number of imide groups is 1. The van der Waals surface area contributed by atoms with Crippen molar-refractivity contribution in [3.8, 4) is 0 Å². The van der Waals surface area contributed by atoms with E-state index in [4.69, 9.17) is 0 Å². The van der Waals surface area contributed by atoms with E-state index in [0.29, 0.717) is 5.82 Å². The van der Waals surface area contributed by atoms with E-state index in [0.717, 1.165) is 6.42 Å². The molecule has 0 aromatic carbocycles. The standard InChI is InChI=1S/C15H15N3O2/c19-14-12-9-4-5-10(7-9)13(12)15(20)18(14)8-17-11-3-1-2-6-16-11/h1-6,9-10,12-13H,7-8H2,(H,16,17)/t9-,10+,12-,13+. The summed E-state index contributed by atoms with van der Waals surface area (Å²) in [6.07, 6.45) is 6.85. The summed E-state index contributed by atoms with van der Waals surface area (Å²) in [5.74, 6) is 0.903.